The van der Waals surface area contributed by atoms with Gasteiger partial charge in [-0.05, 0) is 42.4 Å². The molecule has 2 rings (SSSR count). The number of anilines is 1. The van der Waals surface area contributed by atoms with Crippen LogP contribution in [0.4, 0.5) is 5.69 Å². The van der Waals surface area contributed by atoms with Crippen molar-refractivity contribution >= 4 is 29.5 Å². The molecule has 0 aliphatic heterocycles. The van der Waals surface area contributed by atoms with Gasteiger partial charge in [0, 0.05) is 54.3 Å². The Morgan fingerprint density at radius 2 is 2.04 bits per heavy atom. The summed E-state index contributed by atoms with van der Waals surface area (Å²) in [6, 6.07) is 9.38. The zero-order chi connectivity index (χ0) is 18.1. The van der Waals surface area contributed by atoms with Crippen LogP contribution in [0.3, 0.4) is 0 Å². The quantitative estimate of drug-likeness (QED) is 0.461. The molecule has 0 spiro atoms. The second-order valence-electron chi connectivity index (χ2n) is 5.28. The number of rotatable bonds is 7. The van der Waals surface area contributed by atoms with Gasteiger partial charge in [0.25, 0.3) is 0 Å². The second kappa shape index (κ2) is 9.14. The molecule has 1 aromatic heterocycles. The first kappa shape index (κ1) is 18.1. The molecule has 2 aromatic rings. The van der Waals surface area contributed by atoms with Crippen LogP contribution in [0, 0.1) is 5.41 Å². The van der Waals surface area contributed by atoms with Crippen molar-refractivity contribution in [1.29, 1.82) is 5.41 Å². The molecule has 0 radical (unpaired) electrons. The molecule has 0 aliphatic rings. The number of carbonyl (C=O) groups excluding carboxylic acids is 1. The van der Waals surface area contributed by atoms with E-state index in [4.69, 9.17) is 11.1 Å². The predicted molar refractivity (Wildman–Crippen MR) is 102 cm³/mol. The van der Waals surface area contributed by atoms with Crippen molar-refractivity contribution in [3.63, 3.8) is 0 Å². The number of pyridine rings is 1. The number of hydrogen-bond donors (Lipinski definition) is 4. The summed E-state index contributed by atoms with van der Waals surface area (Å²) in [7, 11) is 1.89. The first-order valence-electron chi connectivity index (χ1n) is 7.77. The first-order chi connectivity index (χ1) is 12.2. The number of carbonyl (C=O) groups is 1. The molecule has 0 unspecified atom stereocenters. The van der Waals surface area contributed by atoms with Crippen molar-refractivity contribution in [2.75, 3.05) is 12.4 Å². The number of amides is 1. The number of allylic oxidation sites excluding steroid dienone is 1. The van der Waals surface area contributed by atoms with E-state index >= 15 is 0 Å². The third-order valence-corrected chi connectivity index (χ3v) is 3.51. The molecular weight excluding hydrogens is 314 g/mol. The highest BCUT2D eigenvalue weighted by Crippen LogP contribution is 2.17. The Hall–Kier alpha value is -3.25. The third kappa shape index (κ3) is 5.12. The van der Waals surface area contributed by atoms with Crippen molar-refractivity contribution < 1.29 is 4.79 Å². The maximum atomic E-state index is 12.1. The van der Waals surface area contributed by atoms with Crippen molar-refractivity contribution in [2.45, 2.75) is 6.54 Å². The standard InChI is InChI=1S/C19H21N5O/c1-22-12-14-2-5-17(6-3-14)24-19(25)7-4-15-13-23-9-8-18(15)16(10-20)11-21/h2-11,13,20,22H,12,21H2,1H3,(H,24,25)/b7-4+,16-11+,20-10?. The number of nitrogens with zero attached hydrogens (tertiary/aromatic N) is 1. The number of benzene rings is 1. The minimum atomic E-state index is -0.246. The maximum absolute atomic E-state index is 12.1. The first-order valence-corrected chi connectivity index (χ1v) is 7.77. The molecule has 0 aliphatic carbocycles. The molecule has 6 heteroatoms. The van der Waals surface area contributed by atoms with Crippen LogP contribution in [0.1, 0.15) is 16.7 Å². The topological polar surface area (TPSA) is 104 Å². The van der Waals surface area contributed by atoms with E-state index in [2.05, 4.69) is 15.6 Å². The lowest BCUT2D eigenvalue weighted by Gasteiger charge is -2.06. The second-order valence-corrected chi connectivity index (χ2v) is 5.28. The largest absolute Gasteiger partial charge is 0.404 e. The van der Waals surface area contributed by atoms with Gasteiger partial charge >= 0.3 is 0 Å². The van der Waals surface area contributed by atoms with E-state index < -0.39 is 0 Å². The van der Waals surface area contributed by atoms with Crippen LogP contribution >= 0.6 is 0 Å². The highest BCUT2D eigenvalue weighted by Gasteiger charge is 2.04. The van der Waals surface area contributed by atoms with Crippen molar-refractivity contribution in [3.05, 3.63) is 71.7 Å². The van der Waals surface area contributed by atoms with Crippen molar-refractivity contribution in [1.82, 2.24) is 10.3 Å². The monoisotopic (exact) mass is 335 g/mol. The Morgan fingerprint density at radius 3 is 2.68 bits per heavy atom. The summed E-state index contributed by atoms with van der Waals surface area (Å²) in [5.74, 6) is -0.246. The van der Waals surface area contributed by atoms with Crippen LogP contribution in [0.15, 0.2) is 55.0 Å². The molecule has 0 bridgehead atoms. The van der Waals surface area contributed by atoms with Crippen LogP contribution in [-0.4, -0.2) is 24.2 Å². The lowest BCUT2D eigenvalue weighted by atomic mass is 10.0. The molecule has 0 atom stereocenters. The molecule has 0 saturated carbocycles. The summed E-state index contributed by atoms with van der Waals surface area (Å²) in [5.41, 5.74) is 9.41. The van der Waals surface area contributed by atoms with E-state index in [-0.39, 0.29) is 5.91 Å². The van der Waals surface area contributed by atoms with Gasteiger partial charge in [-0.3, -0.25) is 9.78 Å². The predicted octanol–water partition coefficient (Wildman–Crippen LogP) is 2.40. The average molecular weight is 335 g/mol. The fourth-order valence-corrected chi connectivity index (χ4v) is 2.28. The van der Waals surface area contributed by atoms with E-state index in [1.165, 1.54) is 18.5 Å². The molecule has 1 amide bonds. The van der Waals surface area contributed by atoms with Crippen LogP contribution < -0.4 is 16.4 Å². The summed E-state index contributed by atoms with van der Waals surface area (Å²) in [6.45, 7) is 0.780. The molecule has 6 nitrogen and oxygen atoms in total. The summed E-state index contributed by atoms with van der Waals surface area (Å²) in [4.78, 5) is 16.2. The van der Waals surface area contributed by atoms with Crippen LogP contribution in [-0.2, 0) is 11.3 Å². The maximum Gasteiger partial charge on any atom is 0.248 e. The third-order valence-electron chi connectivity index (χ3n) is 3.51. The SMILES string of the molecule is CNCc1ccc(NC(=O)/C=C/c2cnccc2/C(C=N)=C/N)cc1. The molecule has 1 heterocycles. The van der Waals surface area contributed by atoms with Crippen LogP contribution in [0.25, 0.3) is 11.6 Å². The van der Waals surface area contributed by atoms with Gasteiger partial charge in [0.05, 0.1) is 0 Å². The van der Waals surface area contributed by atoms with Gasteiger partial charge < -0.3 is 21.8 Å². The summed E-state index contributed by atoms with van der Waals surface area (Å²) < 4.78 is 0. The highest BCUT2D eigenvalue weighted by molar-refractivity contribution is 6.10. The fourth-order valence-electron chi connectivity index (χ4n) is 2.28. The van der Waals surface area contributed by atoms with Crippen molar-refractivity contribution in [3.8, 4) is 0 Å². The van der Waals surface area contributed by atoms with E-state index in [9.17, 15) is 4.79 Å². The minimum absolute atomic E-state index is 0.246. The van der Waals surface area contributed by atoms with E-state index in [0.717, 1.165) is 23.4 Å². The molecule has 25 heavy (non-hydrogen) atoms. The summed E-state index contributed by atoms with van der Waals surface area (Å²) >= 11 is 0. The molecule has 0 saturated heterocycles. The molecule has 5 N–H and O–H groups in total. The van der Waals surface area contributed by atoms with Gasteiger partial charge in [0.1, 0.15) is 0 Å². The Balaban J connectivity index is 2.09. The number of nitrogens with one attached hydrogen (secondary N) is 3. The molecular formula is C19H21N5O. The average Bonchev–Trinajstić information content (AvgIpc) is 2.64. The van der Waals surface area contributed by atoms with Gasteiger partial charge in [-0.15, -0.1) is 0 Å². The Labute approximate surface area is 147 Å². The Kier molecular flexibility index (Phi) is 6.62. The Bertz CT molecular complexity index is 794. The summed E-state index contributed by atoms with van der Waals surface area (Å²) in [5, 5.41) is 13.3. The molecule has 1 aromatic carbocycles. The van der Waals surface area contributed by atoms with Crippen molar-refractivity contribution in [2.24, 2.45) is 5.73 Å². The lowest BCUT2D eigenvalue weighted by Crippen LogP contribution is -2.08. The van der Waals surface area contributed by atoms with Gasteiger partial charge in [0.2, 0.25) is 5.91 Å². The number of nitrogens with two attached hydrogens (primary N) is 1. The fraction of sp³-hybridized carbons (Fsp3) is 0.105. The van der Waals surface area contributed by atoms with E-state index in [1.54, 1.807) is 24.5 Å². The van der Waals surface area contributed by atoms with Crippen LogP contribution in [0.5, 0.6) is 0 Å². The zero-order valence-corrected chi connectivity index (χ0v) is 14.0. The zero-order valence-electron chi connectivity index (χ0n) is 14.0. The highest BCUT2D eigenvalue weighted by atomic mass is 16.1. The van der Waals surface area contributed by atoms with Gasteiger partial charge in [-0.25, -0.2) is 0 Å². The van der Waals surface area contributed by atoms with Gasteiger partial charge in [-0.2, -0.15) is 0 Å². The minimum Gasteiger partial charge on any atom is -0.404 e. The smallest absolute Gasteiger partial charge is 0.248 e. The summed E-state index contributed by atoms with van der Waals surface area (Å²) in [6.07, 6.45) is 8.84. The molecule has 0 fully saturated rings. The number of aromatic nitrogens is 1. The van der Waals surface area contributed by atoms with E-state index in [1.807, 2.05) is 31.3 Å². The van der Waals surface area contributed by atoms with Crippen LogP contribution in [0.2, 0.25) is 0 Å². The van der Waals surface area contributed by atoms with Gasteiger partial charge in [-0.1, -0.05) is 12.1 Å². The van der Waals surface area contributed by atoms with Gasteiger partial charge in [0.15, 0.2) is 0 Å². The lowest BCUT2D eigenvalue weighted by molar-refractivity contribution is -0.111. The Morgan fingerprint density at radius 1 is 1.28 bits per heavy atom. The normalized spacial score (nSPS) is 11.5. The molecule has 128 valence electrons. The number of hydrogen-bond acceptors (Lipinski definition) is 5. The van der Waals surface area contributed by atoms with E-state index in [0.29, 0.717) is 11.1 Å².